The number of nitrogens with zero attached hydrogens (tertiary/aromatic N) is 2. The molecule has 5 aromatic rings. The number of pyridine rings is 1. The fourth-order valence-corrected chi connectivity index (χ4v) is 3.52. The van der Waals surface area contributed by atoms with Gasteiger partial charge in [-0.1, -0.05) is 6.07 Å². The molecule has 2 aromatic carbocycles. The second kappa shape index (κ2) is 8.07. The first kappa shape index (κ1) is 14.6. The number of aromatic amines is 1. The van der Waals surface area contributed by atoms with Crippen molar-refractivity contribution in [3.8, 4) is 5.75 Å². The van der Waals surface area contributed by atoms with Crippen molar-refractivity contribution < 1.29 is 20.8 Å². The third-order valence-corrected chi connectivity index (χ3v) is 4.97. The molecule has 3 aromatic heterocycles. The van der Waals surface area contributed by atoms with Crippen LogP contribution in [0.5, 0.6) is 5.75 Å². The van der Waals surface area contributed by atoms with Gasteiger partial charge in [0.1, 0.15) is 17.2 Å². The van der Waals surface area contributed by atoms with Crippen LogP contribution in [0.1, 0.15) is 12.4 Å². The van der Waals surface area contributed by atoms with Crippen molar-refractivity contribution in [3.63, 3.8) is 0 Å². The molecule has 0 spiro atoms. The van der Waals surface area contributed by atoms with Crippen LogP contribution in [0.15, 0.2) is 73.2 Å². The minimum absolute atomic E-state index is 0.164. The number of nitrogens with one attached hydrogen (secondary N) is 3. The predicted octanol–water partition coefficient (Wildman–Crippen LogP) is 5.36. The van der Waals surface area contributed by atoms with Gasteiger partial charge in [0.05, 0.1) is 30.8 Å². The first-order valence-electron chi connectivity index (χ1n) is 12.1. The normalized spacial score (nSPS) is 14.2. The smallest absolute Gasteiger partial charge is 0.323 e. The van der Waals surface area contributed by atoms with Gasteiger partial charge in [-0.25, -0.2) is 14.2 Å². The van der Waals surface area contributed by atoms with Crippen molar-refractivity contribution in [1.82, 2.24) is 14.5 Å². The molecule has 0 unspecified atom stereocenters. The molecule has 0 saturated heterocycles. The maximum atomic E-state index is 13.8. The van der Waals surface area contributed by atoms with E-state index in [1.165, 1.54) is 4.57 Å². The summed E-state index contributed by atoms with van der Waals surface area (Å²) in [5.41, 5.74) is 1.67. The van der Waals surface area contributed by atoms with Crippen molar-refractivity contribution in [2.75, 3.05) is 17.7 Å². The highest BCUT2D eigenvalue weighted by molar-refractivity contribution is 6.06. The van der Waals surface area contributed by atoms with Gasteiger partial charge in [0.15, 0.2) is 0 Å². The van der Waals surface area contributed by atoms with Crippen molar-refractivity contribution in [1.29, 1.82) is 0 Å². The number of carbonyl (C=O) groups is 1. The molecule has 5 rings (SSSR count). The molecule has 8 heteroatoms. The van der Waals surface area contributed by atoms with Gasteiger partial charge in [-0.05, 0) is 48.0 Å². The summed E-state index contributed by atoms with van der Waals surface area (Å²) in [5, 5.41) is 6.26. The number of hydrogen-bond acceptors (Lipinski definition) is 3. The van der Waals surface area contributed by atoms with Crippen molar-refractivity contribution in [3.05, 3.63) is 84.6 Å². The van der Waals surface area contributed by atoms with Crippen LogP contribution < -0.4 is 15.4 Å². The molecule has 0 bridgehead atoms. The molecule has 7 nitrogen and oxygen atoms in total. The topological polar surface area (TPSA) is 84.0 Å². The lowest BCUT2D eigenvalue weighted by atomic mass is 10.2. The highest BCUT2D eigenvalue weighted by Crippen LogP contribution is 2.28. The number of urea groups is 1. The first-order chi connectivity index (χ1) is 17.5. The molecule has 3 heterocycles. The van der Waals surface area contributed by atoms with Gasteiger partial charge in [-0.2, -0.15) is 0 Å². The fourth-order valence-electron chi connectivity index (χ4n) is 3.52. The Morgan fingerprint density at radius 1 is 1.19 bits per heavy atom. The summed E-state index contributed by atoms with van der Waals surface area (Å²) in [6.45, 7) is -1.95. The average molecular weight is 434 g/mol. The summed E-state index contributed by atoms with van der Waals surface area (Å²) in [7, 11) is -2.79. The lowest BCUT2D eigenvalue weighted by Crippen LogP contribution is -2.20. The van der Waals surface area contributed by atoms with E-state index < -0.39 is 25.4 Å². The summed E-state index contributed by atoms with van der Waals surface area (Å²) in [4.78, 5) is 20.0. The minimum atomic E-state index is -2.79. The molecule has 0 saturated carbocycles. The Balaban J connectivity index is 1.44. The Bertz CT molecular complexity index is 1630. The first-order valence-corrected chi connectivity index (χ1v) is 9.63. The Hall–Kier alpha value is -4.33. The van der Waals surface area contributed by atoms with Crippen LogP contribution in [0.4, 0.5) is 20.6 Å². The number of benzene rings is 2. The van der Waals surface area contributed by atoms with E-state index in [-0.39, 0.29) is 11.4 Å². The molecular weight excluding hydrogens is 409 g/mol. The van der Waals surface area contributed by atoms with E-state index in [0.29, 0.717) is 33.2 Å². The molecule has 0 aliphatic heterocycles. The molecule has 2 amide bonds. The third kappa shape index (κ3) is 3.62. The largest absolute Gasteiger partial charge is 0.495 e. The van der Waals surface area contributed by atoms with Crippen molar-refractivity contribution >= 4 is 39.3 Å². The maximum absolute atomic E-state index is 13.8. The van der Waals surface area contributed by atoms with Gasteiger partial charge in [0, 0.05) is 41.9 Å². The number of anilines is 2. The zero-order chi connectivity index (χ0) is 26.4. The molecule has 0 aliphatic rings. The summed E-state index contributed by atoms with van der Waals surface area (Å²) < 4.78 is 59.6. The van der Waals surface area contributed by atoms with Gasteiger partial charge in [0.2, 0.25) is 0 Å². The number of rotatable bonds is 5. The summed E-state index contributed by atoms with van der Waals surface area (Å²) in [6.07, 6.45) is 4.78. The number of ether oxygens (including phenoxy) is 1. The number of fused-ring (bicyclic) bond motifs is 2. The standard InChI is InChI=1S/C24H20FN5O2/c1-32-22-8-7-16(25)12-20(22)29-24(31)28-19-5-2-6-21-18(19)9-11-30(21)14-15-13-27-23-17(15)4-3-10-26-23/h2-13H,14H2,1H3,(H,26,27)(H2,28,29,31)/i1D3,14D2. The summed E-state index contributed by atoms with van der Waals surface area (Å²) >= 11 is 0. The molecule has 0 aliphatic carbocycles. The zero-order valence-corrected chi connectivity index (χ0v) is 16.5. The summed E-state index contributed by atoms with van der Waals surface area (Å²) in [5.74, 6) is -0.913. The van der Waals surface area contributed by atoms with Crippen molar-refractivity contribution in [2.24, 2.45) is 0 Å². The molecule has 160 valence electrons. The Morgan fingerprint density at radius 3 is 3.00 bits per heavy atom. The van der Waals surface area contributed by atoms with Gasteiger partial charge in [0.25, 0.3) is 0 Å². The van der Waals surface area contributed by atoms with Crippen molar-refractivity contribution in [2.45, 2.75) is 6.50 Å². The van der Waals surface area contributed by atoms with Crippen LogP contribution in [0, 0.1) is 5.82 Å². The zero-order valence-electron chi connectivity index (χ0n) is 21.5. The lowest BCUT2D eigenvalue weighted by molar-refractivity contribution is 0.262. The van der Waals surface area contributed by atoms with E-state index in [1.54, 1.807) is 55.0 Å². The second-order valence-electron chi connectivity index (χ2n) is 6.96. The maximum Gasteiger partial charge on any atom is 0.323 e. The van der Waals surface area contributed by atoms with Crippen LogP contribution in [-0.4, -0.2) is 27.6 Å². The summed E-state index contributed by atoms with van der Waals surface area (Å²) in [6, 6.07) is 12.5. The molecule has 0 atom stereocenters. The Labute approximate surface area is 189 Å². The van der Waals surface area contributed by atoms with Gasteiger partial charge in [-0.3, -0.25) is 0 Å². The van der Waals surface area contributed by atoms with E-state index in [4.69, 9.17) is 11.6 Å². The third-order valence-electron chi connectivity index (χ3n) is 4.97. The SMILES string of the molecule is [2H]C([2H])([2H])Oc1ccc(F)cc1NC(=O)Nc1cccc2c1ccn2C([2H])([2H])c1c[nH]c2ncccc12. The average Bonchev–Trinajstić information content (AvgIpc) is 3.46. The van der Waals surface area contributed by atoms with Crippen LogP contribution in [0.3, 0.4) is 0 Å². The van der Waals surface area contributed by atoms with Crippen LogP contribution in [0.25, 0.3) is 21.9 Å². The second-order valence-corrected chi connectivity index (χ2v) is 6.96. The fraction of sp³-hybridized carbons (Fsp3) is 0.0833. The number of aromatic nitrogens is 3. The number of halogens is 1. The molecule has 0 radical (unpaired) electrons. The molecular formula is C24H20FN5O2. The molecule has 32 heavy (non-hydrogen) atoms. The minimum Gasteiger partial charge on any atom is -0.495 e. The number of carbonyl (C=O) groups excluding carboxylic acids is 1. The Morgan fingerprint density at radius 2 is 2.09 bits per heavy atom. The quantitative estimate of drug-likeness (QED) is 0.348. The highest BCUT2D eigenvalue weighted by Gasteiger charge is 2.13. The van der Waals surface area contributed by atoms with E-state index >= 15 is 0 Å². The lowest BCUT2D eigenvalue weighted by Gasteiger charge is -2.12. The van der Waals surface area contributed by atoms with Crippen LogP contribution >= 0.6 is 0 Å². The number of methoxy groups -OCH3 is 1. The van der Waals surface area contributed by atoms with E-state index in [1.807, 2.05) is 0 Å². The van der Waals surface area contributed by atoms with Crippen LogP contribution in [-0.2, 0) is 6.50 Å². The predicted molar refractivity (Wildman–Crippen MR) is 123 cm³/mol. The highest BCUT2D eigenvalue weighted by atomic mass is 19.1. The van der Waals surface area contributed by atoms with Crippen LogP contribution in [0.2, 0.25) is 0 Å². The number of H-pyrrole nitrogens is 1. The molecule has 3 N–H and O–H groups in total. The monoisotopic (exact) mass is 434 g/mol. The number of amides is 2. The van der Waals surface area contributed by atoms with E-state index in [0.717, 1.165) is 18.2 Å². The van der Waals surface area contributed by atoms with Gasteiger partial charge >= 0.3 is 6.03 Å². The number of hydrogen-bond donors (Lipinski definition) is 3. The van der Waals surface area contributed by atoms with E-state index in [9.17, 15) is 9.18 Å². The molecule has 0 fully saturated rings. The van der Waals surface area contributed by atoms with Gasteiger partial charge in [-0.15, -0.1) is 0 Å². The van der Waals surface area contributed by atoms with E-state index in [2.05, 4.69) is 20.6 Å². The van der Waals surface area contributed by atoms with Gasteiger partial charge < -0.3 is 24.9 Å². The Kier molecular flexibility index (Phi) is 3.69.